The van der Waals surface area contributed by atoms with Crippen molar-refractivity contribution < 1.29 is 0 Å². The van der Waals surface area contributed by atoms with Gasteiger partial charge in [0.15, 0.2) is 5.96 Å². The molecule has 2 N–H and O–H groups in total. The highest BCUT2D eigenvalue weighted by Gasteiger charge is 2.09. The molecule has 0 heterocycles. The molecule has 0 bridgehead atoms. The van der Waals surface area contributed by atoms with Crippen LogP contribution in [0.2, 0.25) is 0 Å². The third-order valence-electron chi connectivity index (χ3n) is 2.84. The molecule has 0 saturated carbocycles. The summed E-state index contributed by atoms with van der Waals surface area (Å²) in [6, 6.07) is 0.502. The molecule has 5 heteroatoms. The quantitative estimate of drug-likeness (QED) is 0.391. The van der Waals surface area contributed by atoms with E-state index in [9.17, 15) is 0 Å². The number of hydrogen-bond donors (Lipinski definition) is 2. The Morgan fingerprint density at radius 2 is 1.72 bits per heavy atom. The number of hydrogen-bond acceptors (Lipinski definition) is 2. The standard InChI is InChI=1S/C13H30N4.HI/c1-6-10-15-13(14-7-2)16-11-12(5)17(8-3)9-4;/h12H,6-11H2,1-5H3,(H2,14,15,16);1H. The first-order valence-electron chi connectivity index (χ1n) is 6.95. The van der Waals surface area contributed by atoms with Crippen LogP contribution in [0.3, 0.4) is 0 Å². The Bertz CT molecular complexity index is 205. The Balaban J connectivity index is 0. The monoisotopic (exact) mass is 370 g/mol. The summed E-state index contributed by atoms with van der Waals surface area (Å²) in [5.74, 6) is 0.938. The predicted octanol–water partition coefficient (Wildman–Crippen LogP) is 2.30. The van der Waals surface area contributed by atoms with Crippen molar-refractivity contribution in [2.45, 2.75) is 47.1 Å². The van der Waals surface area contributed by atoms with Crippen molar-refractivity contribution in [3.8, 4) is 0 Å². The number of nitrogens with one attached hydrogen (secondary N) is 2. The summed E-state index contributed by atoms with van der Waals surface area (Å²) in [5.41, 5.74) is 0. The van der Waals surface area contributed by atoms with E-state index < -0.39 is 0 Å². The van der Waals surface area contributed by atoms with Gasteiger partial charge in [-0.05, 0) is 33.4 Å². The fraction of sp³-hybridized carbons (Fsp3) is 0.923. The van der Waals surface area contributed by atoms with E-state index in [0.29, 0.717) is 6.04 Å². The molecule has 0 radical (unpaired) electrons. The number of nitrogens with zero attached hydrogens (tertiary/aromatic N) is 2. The van der Waals surface area contributed by atoms with Crippen molar-refractivity contribution >= 4 is 29.9 Å². The molecular formula is C13H31IN4. The topological polar surface area (TPSA) is 39.7 Å². The minimum atomic E-state index is 0. The van der Waals surface area contributed by atoms with Crippen molar-refractivity contribution in [3.05, 3.63) is 0 Å². The van der Waals surface area contributed by atoms with E-state index in [2.05, 4.69) is 55.1 Å². The Kier molecular flexibility index (Phi) is 15.1. The van der Waals surface area contributed by atoms with E-state index in [-0.39, 0.29) is 24.0 Å². The van der Waals surface area contributed by atoms with Crippen molar-refractivity contribution in [1.82, 2.24) is 15.5 Å². The van der Waals surface area contributed by atoms with Gasteiger partial charge in [-0.15, -0.1) is 24.0 Å². The minimum absolute atomic E-state index is 0. The zero-order valence-electron chi connectivity index (χ0n) is 12.6. The second kappa shape index (κ2) is 13.4. The summed E-state index contributed by atoms with van der Waals surface area (Å²) in [6.45, 7) is 15.8. The van der Waals surface area contributed by atoms with Crippen LogP contribution >= 0.6 is 24.0 Å². The lowest BCUT2D eigenvalue weighted by molar-refractivity contribution is 0.237. The van der Waals surface area contributed by atoms with Crippen molar-refractivity contribution in [3.63, 3.8) is 0 Å². The van der Waals surface area contributed by atoms with Crippen molar-refractivity contribution in [1.29, 1.82) is 0 Å². The van der Waals surface area contributed by atoms with E-state index in [1.807, 2.05) is 0 Å². The van der Waals surface area contributed by atoms with E-state index in [1.165, 1.54) is 0 Å². The van der Waals surface area contributed by atoms with Crippen LogP contribution in [0.5, 0.6) is 0 Å². The summed E-state index contributed by atoms with van der Waals surface area (Å²) in [5, 5.41) is 6.59. The maximum atomic E-state index is 4.62. The lowest BCUT2D eigenvalue weighted by Crippen LogP contribution is -2.40. The van der Waals surface area contributed by atoms with E-state index in [1.54, 1.807) is 0 Å². The summed E-state index contributed by atoms with van der Waals surface area (Å²) in [7, 11) is 0. The number of halogens is 1. The molecule has 0 aromatic carbocycles. The molecule has 0 saturated heterocycles. The average Bonchev–Trinajstić information content (AvgIpc) is 2.34. The highest BCUT2D eigenvalue weighted by molar-refractivity contribution is 14.0. The molecule has 0 aromatic rings. The fourth-order valence-electron chi connectivity index (χ4n) is 1.77. The average molecular weight is 370 g/mol. The van der Waals surface area contributed by atoms with Gasteiger partial charge >= 0.3 is 0 Å². The van der Waals surface area contributed by atoms with Crippen molar-refractivity contribution in [2.24, 2.45) is 4.99 Å². The third kappa shape index (κ3) is 8.97. The Hall–Kier alpha value is -0.0400. The van der Waals surface area contributed by atoms with Crippen LogP contribution in [-0.4, -0.2) is 49.6 Å². The Morgan fingerprint density at radius 3 is 2.17 bits per heavy atom. The second-order valence-electron chi connectivity index (χ2n) is 4.22. The number of guanidine groups is 1. The number of rotatable bonds is 8. The van der Waals surface area contributed by atoms with Gasteiger partial charge in [0, 0.05) is 19.1 Å². The first-order valence-corrected chi connectivity index (χ1v) is 6.95. The lowest BCUT2D eigenvalue weighted by Gasteiger charge is -2.25. The number of aliphatic imine (C=N–C) groups is 1. The normalized spacial score (nSPS) is 13.1. The number of likely N-dealkylation sites (N-methyl/N-ethyl adjacent to an activating group) is 1. The van der Waals surface area contributed by atoms with Crippen LogP contribution in [0, 0.1) is 0 Å². The molecule has 1 unspecified atom stereocenters. The lowest BCUT2D eigenvalue weighted by atomic mass is 10.3. The first-order chi connectivity index (χ1) is 8.19. The summed E-state index contributed by atoms with van der Waals surface area (Å²) < 4.78 is 0. The molecule has 1 atom stereocenters. The summed E-state index contributed by atoms with van der Waals surface area (Å²) >= 11 is 0. The summed E-state index contributed by atoms with van der Waals surface area (Å²) in [4.78, 5) is 7.04. The van der Waals surface area contributed by atoms with Crippen LogP contribution in [-0.2, 0) is 0 Å². The molecule has 18 heavy (non-hydrogen) atoms. The van der Waals surface area contributed by atoms with Gasteiger partial charge in [-0.2, -0.15) is 0 Å². The van der Waals surface area contributed by atoms with Crippen molar-refractivity contribution in [2.75, 3.05) is 32.7 Å². The van der Waals surface area contributed by atoms with Crippen LogP contribution < -0.4 is 10.6 Å². The molecule has 4 nitrogen and oxygen atoms in total. The van der Waals surface area contributed by atoms with E-state index >= 15 is 0 Å². The van der Waals surface area contributed by atoms with Gasteiger partial charge in [0.2, 0.25) is 0 Å². The largest absolute Gasteiger partial charge is 0.357 e. The molecule has 0 amide bonds. The van der Waals surface area contributed by atoms with Gasteiger partial charge in [-0.3, -0.25) is 9.89 Å². The van der Waals surface area contributed by atoms with E-state index in [0.717, 1.165) is 45.1 Å². The SMILES string of the molecule is CCCNC(=NCC(C)N(CC)CC)NCC.I. The van der Waals surface area contributed by atoms with Gasteiger partial charge in [0.1, 0.15) is 0 Å². The Morgan fingerprint density at radius 1 is 1.11 bits per heavy atom. The van der Waals surface area contributed by atoms with Crippen LogP contribution in [0.15, 0.2) is 4.99 Å². The predicted molar refractivity (Wildman–Crippen MR) is 92.1 cm³/mol. The smallest absolute Gasteiger partial charge is 0.191 e. The maximum absolute atomic E-state index is 4.62. The van der Waals surface area contributed by atoms with E-state index in [4.69, 9.17) is 0 Å². The summed E-state index contributed by atoms with van der Waals surface area (Å²) in [6.07, 6.45) is 1.12. The molecule has 0 spiro atoms. The zero-order chi connectivity index (χ0) is 13.1. The van der Waals surface area contributed by atoms with Gasteiger partial charge in [0.25, 0.3) is 0 Å². The first kappa shape index (κ1) is 20.3. The molecule has 0 aliphatic carbocycles. The molecule has 0 rings (SSSR count). The fourth-order valence-corrected chi connectivity index (χ4v) is 1.77. The third-order valence-corrected chi connectivity index (χ3v) is 2.84. The zero-order valence-corrected chi connectivity index (χ0v) is 15.0. The second-order valence-corrected chi connectivity index (χ2v) is 4.22. The van der Waals surface area contributed by atoms with Gasteiger partial charge in [-0.1, -0.05) is 20.8 Å². The van der Waals surface area contributed by atoms with Crippen LogP contribution in [0.1, 0.15) is 41.0 Å². The maximum Gasteiger partial charge on any atom is 0.191 e. The molecule has 0 fully saturated rings. The van der Waals surface area contributed by atoms with Gasteiger partial charge in [0.05, 0.1) is 6.54 Å². The minimum Gasteiger partial charge on any atom is -0.357 e. The Labute approximate surface area is 130 Å². The highest BCUT2D eigenvalue weighted by Crippen LogP contribution is 1.98. The van der Waals surface area contributed by atoms with Crippen LogP contribution in [0.25, 0.3) is 0 Å². The van der Waals surface area contributed by atoms with Gasteiger partial charge in [-0.25, -0.2) is 0 Å². The molecule has 110 valence electrons. The van der Waals surface area contributed by atoms with Crippen LogP contribution in [0.4, 0.5) is 0 Å². The molecule has 0 aliphatic rings. The van der Waals surface area contributed by atoms with Gasteiger partial charge < -0.3 is 10.6 Å². The highest BCUT2D eigenvalue weighted by atomic mass is 127. The molecular weight excluding hydrogens is 339 g/mol. The molecule has 0 aromatic heterocycles. The molecule has 0 aliphatic heterocycles.